The summed E-state index contributed by atoms with van der Waals surface area (Å²) in [5.41, 5.74) is 0.493. The fourth-order valence-electron chi connectivity index (χ4n) is 1.91. The largest absolute Gasteiger partial charge is 0.493 e. The average molecular weight is 306 g/mol. The highest BCUT2D eigenvalue weighted by molar-refractivity contribution is 6.29. The molecule has 0 bridgehead atoms. The number of hydrogen-bond donors (Lipinski definition) is 0. The number of ketones is 1. The van der Waals surface area contributed by atoms with Gasteiger partial charge >= 0.3 is 0 Å². The minimum absolute atomic E-state index is 0.0429. The predicted molar refractivity (Wildman–Crippen MR) is 75.9 cm³/mol. The maximum atomic E-state index is 12.3. The van der Waals surface area contributed by atoms with Gasteiger partial charge in [0, 0.05) is 0 Å². The van der Waals surface area contributed by atoms with Crippen molar-refractivity contribution in [3.8, 4) is 17.6 Å². The van der Waals surface area contributed by atoms with E-state index in [0.717, 1.165) is 0 Å². The quantitative estimate of drug-likeness (QED) is 0.791. The summed E-state index contributed by atoms with van der Waals surface area (Å²) < 4.78 is 15.4. The molecule has 21 heavy (non-hydrogen) atoms. The van der Waals surface area contributed by atoms with Gasteiger partial charge in [0.15, 0.2) is 22.5 Å². The lowest BCUT2D eigenvalue weighted by Crippen LogP contribution is -2.10. The first-order chi connectivity index (χ1) is 10.1. The molecule has 0 N–H and O–H groups in total. The molecule has 2 rings (SSSR count). The average Bonchev–Trinajstić information content (AvgIpc) is 2.94. The van der Waals surface area contributed by atoms with E-state index in [1.54, 1.807) is 18.2 Å². The fraction of sp³-hybridized carbons (Fsp3) is 0.200. The third kappa shape index (κ3) is 3.01. The van der Waals surface area contributed by atoms with E-state index >= 15 is 0 Å². The summed E-state index contributed by atoms with van der Waals surface area (Å²) in [7, 11) is 2.99. The molecule has 1 aromatic carbocycles. The van der Waals surface area contributed by atoms with E-state index in [1.807, 2.05) is 6.07 Å². The third-order valence-corrected chi connectivity index (χ3v) is 3.15. The third-order valence-electron chi connectivity index (χ3n) is 2.95. The number of ether oxygens (including phenoxy) is 2. The van der Waals surface area contributed by atoms with Crippen LogP contribution in [0.4, 0.5) is 0 Å². The van der Waals surface area contributed by atoms with Gasteiger partial charge in [0.25, 0.3) is 0 Å². The van der Waals surface area contributed by atoms with Crippen molar-refractivity contribution in [1.82, 2.24) is 0 Å². The van der Waals surface area contributed by atoms with Gasteiger partial charge in [0.05, 0.1) is 20.3 Å². The zero-order valence-corrected chi connectivity index (χ0v) is 12.2. The first-order valence-electron chi connectivity index (χ1n) is 6.01. The minimum atomic E-state index is -1.01. The first kappa shape index (κ1) is 14.9. The monoisotopic (exact) mass is 305 g/mol. The minimum Gasteiger partial charge on any atom is -0.493 e. The van der Waals surface area contributed by atoms with Gasteiger partial charge in [-0.3, -0.25) is 4.79 Å². The number of benzene rings is 1. The van der Waals surface area contributed by atoms with Crippen LogP contribution in [0.3, 0.4) is 0 Å². The molecule has 0 fully saturated rings. The number of halogens is 1. The Labute approximate surface area is 126 Å². The van der Waals surface area contributed by atoms with Crippen LogP contribution in [0.5, 0.6) is 11.5 Å². The summed E-state index contributed by atoms with van der Waals surface area (Å²) in [6.45, 7) is 0. The fourth-order valence-corrected chi connectivity index (χ4v) is 2.05. The van der Waals surface area contributed by atoms with Crippen LogP contribution in [0.15, 0.2) is 34.7 Å². The summed E-state index contributed by atoms with van der Waals surface area (Å²) in [4.78, 5) is 12.3. The second-order valence-corrected chi connectivity index (χ2v) is 4.52. The lowest BCUT2D eigenvalue weighted by atomic mass is 9.94. The summed E-state index contributed by atoms with van der Waals surface area (Å²) in [6, 6.07) is 9.73. The number of nitriles is 1. The predicted octanol–water partition coefficient (Wildman–Crippen LogP) is 3.44. The number of carbonyl (C=O) groups is 1. The SMILES string of the molecule is COc1ccc(C(C#N)C(=O)c2ccc(Cl)o2)cc1OC. The Kier molecular flexibility index (Phi) is 4.51. The van der Waals surface area contributed by atoms with E-state index in [9.17, 15) is 10.1 Å². The lowest BCUT2D eigenvalue weighted by Gasteiger charge is -2.11. The summed E-state index contributed by atoms with van der Waals surface area (Å²) >= 11 is 5.65. The van der Waals surface area contributed by atoms with Crippen molar-refractivity contribution in [2.24, 2.45) is 0 Å². The van der Waals surface area contributed by atoms with E-state index in [4.69, 9.17) is 25.5 Å². The summed E-state index contributed by atoms with van der Waals surface area (Å²) in [5, 5.41) is 9.39. The number of furan rings is 1. The molecule has 0 aliphatic carbocycles. The van der Waals surface area contributed by atoms with Crippen LogP contribution < -0.4 is 9.47 Å². The molecule has 1 aromatic heterocycles. The normalized spacial score (nSPS) is 11.5. The molecule has 108 valence electrons. The number of rotatable bonds is 5. The van der Waals surface area contributed by atoms with E-state index in [0.29, 0.717) is 17.1 Å². The van der Waals surface area contributed by atoms with Crippen LogP contribution in [0, 0.1) is 11.3 Å². The van der Waals surface area contributed by atoms with Gasteiger partial charge in [-0.25, -0.2) is 0 Å². The van der Waals surface area contributed by atoms with Gasteiger partial charge in [-0.1, -0.05) is 6.07 Å². The van der Waals surface area contributed by atoms with Crippen molar-refractivity contribution in [2.75, 3.05) is 14.2 Å². The molecule has 0 aliphatic rings. The van der Waals surface area contributed by atoms with Crippen LogP contribution in [0.1, 0.15) is 22.0 Å². The molecule has 2 aromatic rings. The molecule has 1 heterocycles. The van der Waals surface area contributed by atoms with Gasteiger partial charge in [0.2, 0.25) is 5.78 Å². The Hall–Kier alpha value is -2.45. The van der Waals surface area contributed by atoms with E-state index in [1.165, 1.54) is 26.4 Å². The first-order valence-corrected chi connectivity index (χ1v) is 6.39. The van der Waals surface area contributed by atoms with Gasteiger partial charge in [0.1, 0.15) is 5.92 Å². The Balaban J connectivity index is 2.38. The van der Waals surface area contributed by atoms with Crippen LogP contribution in [0.25, 0.3) is 0 Å². The highest BCUT2D eigenvalue weighted by atomic mass is 35.5. The van der Waals surface area contributed by atoms with E-state index in [-0.39, 0.29) is 11.0 Å². The molecule has 0 saturated heterocycles. The van der Waals surface area contributed by atoms with Crippen molar-refractivity contribution in [1.29, 1.82) is 5.26 Å². The molecule has 5 nitrogen and oxygen atoms in total. The van der Waals surface area contributed by atoms with E-state index in [2.05, 4.69) is 0 Å². The number of Topliss-reactive ketones (excluding diaryl/α,β-unsaturated/α-hetero) is 1. The smallest absolute Gasteiger partial charge is 0.219 e. The van der Waals surface area contributed by atoms with Crippen molar-refractivity contribution < 1.29 is 18.7 Å². The second kappa shape index (κ2) is 6.33. The molecule has 6 heteroatoms. The van der Waals surface area contributed by atoms with Crippen molar-refractivity contribution in [3.05, 3.63) is 46.9 Å². The molecule has 0 spiro atoms. The van der Waals surface area contributed by atoms with Gasteiger partial charge in [-0.15, -0.1) is 0 Å². The molecule has 0 radical (unpaired) electrons. The van der Waals surface area contributed by atoms with Crippen LogP contribution in [-0.2, 0) is 0 Å². The molecular weight excluding hydrogens is 294 g/mol. The number of nitrogens with zero attached hydrogens (tertiary/aromatic N) is 1. The Bertz CT molecular complexity index is 702. The van der Waals surface area contributed by atoms with Crippen molar-refractivity contribution in [3.63, 3.8) is 0 Å². The highest BCUT2D eigenvalue weighted by Gasteiger charge is 2.25. The number of methoxy groups -OCH3 is 2. The summed E-state index contributed by atoms with van der Waals surface area (Å²) in [5.74, 6) is -0.461. The lowest BCUT2D eigenvalue weighted by molar-refractivity contribution is 0.0952. The highest BCUT2D eigenvalue weighted by Crippen LogP contribution is 2.32. The maximum absolute atomic E-state index is 12.3. The van der Waals surface area contributed by atoms with Crippen LogP contribution in [-0.4, -0.2) is 20.0 Å². The second-order valence-electron chi connectivity index (χ2n) is 4.14. The topological polar surface area (TPSA) is 72.5 Å². The zero-order valence-electron chi connectivity index (χ0n) is 11.4. The van der Waals surface area contributed by atoms with Gasteiger partial charge in [-0.05, 0) is 41.4 Å². The molecule has 0 saturated carbocycles. The molecular formula is C15H12ClNO4. The van der Waals surface area contributed by atoms with Crippen LogP contribution >= 0.6 is 11.6 Å². The molecule has 1 unspecified atom stereocenters. The number of hydrogen-bond acceptors (Lipinski definition) is 5. The maximum Gasteiger partial charge on any atom is 0.219 e. The van der Waals surface area contributed by atoms with Crippen molar-refractivity contribution in [2.45, 2.75) is 5.92 Å². The molecule has 0 aliphatic heterocycles. The standard InChI is InChI=1S/C15H12ClNO4/c1-19-11-4-3-9(7-13(11)20-2)10(8-17)15(18)12-5-6-14(16)21-12/h3-7,10H,1-2H3. The Morgan fingerprint density at radius 1 is 1.24 bits per heavy atom. The summed E-state index contributed by atoms with van der Waals surface area (Å²) in [6.07, 6.45) is 0. The van der Waals surface area contributed by atoms with Gasteiger partial charge in [-0.2, -0.15) is 5.26 Å². The Morgan fingerprint density at radius 3 is 2.48 bits per heavy atom. The Morgan fingerprint density at radius 2 is 1.95 bits per heavy atom. The van der Waals surface area contributed by atoms with Gasteiger partial charge < -0.3 is 13.9 Å². The number of carbonyl (C=O) groups excluding carboxylic acids is 1. The van der Waals surface area contributed by atoms with E-state index < -0.39 is 11.7 Å². The van der Waals surface area contributed by atoms with Crippen LogP contribution in [0.2, 0.25) is 5.22 Å². The zero-order chi connectivity index (χ0) is 15.4. The molecule has 0 amide bonds. The van der Waals surface area contributed by atoms with Crippen molar-refractivity contribution >= 4 is 17.4 Å². The molecule has 1 atom stereocenters.